The van der Waals surface area contributed by atoms with Crippen molar-refractivity contribution in [2.75, 3.05) is 75.0 Å². The van der Waals surface area contributed by atoms with E-state index in [4.69, 9.17) is 0 Å². The van der Waals surface area contributed by atoms with Crippen LogP contribution in [0.1, 0.15) is 116 Å². The van der Waals surface area contributed by atoms with Crippen molar-refractivity contribution in [2.45, 2.75) is 146 Å². The van der Waals surface area contributed by atoms with Gasteiger partial charge in [0, 0.05) is 75.4 Å². The Balaban J connectivity index is 5.27. The van der Waals surface area contributed by atoms with Crippen LogP contribution >= 0.6 is 0 Å². The Bertz CT molecular complexity index is 1000. The van der Waals surface area contributed by atoms with E-state index in [0.29, 0.717) is 45.2 Å². The third kappa shape index (κ3) is 29.6. The molecule has 15 nitrogen and oxygen atoms in total. The maximum Gasteiger partial charge on any atom is 0.222 e. The van der Waals surface area contributed by atoms with Crippen molar-refractivity contribution < 1.29 is 24.0 Å². The molecule has 0 aromatic rings. The fourth-order valence-electron chi connectivity index (χ4n) is 6.50. The number of carbonyl (C=O) groups excluding carboxylic acids is 5. The lowest BCUT2D eigenvalue weighted by Gasteiger charge is -2.23. The first-order chi connectivity index (χ1) is 26.0. The van der Waals surface area contributed by atoms with E-state index in [9.17, 15) is 24.0 Å². The smallest absolute Gasteiger partial charge is 0.222 e. The van der Waals surface area contributed by atoms with E-state index in [0.717, 1.165) is 77.4 Å². The van der Waals surface area contributed by atoms with Crippen molar-refractivity contribution in [3.8, 4) is 0 Å². The third-order valence-electron chi connectivity index (χ3n) is 9.77. The van der Waals surface area contributed by atoms with E-state index in [-0.39, 0.29) is 66.8 Å². The number of Topliss-reactive ketones (excluding diaryl/α,β-unsaturated/α-hetero) is 1. The molecule has 5 unspecified atom stereocenters. The quantitative estimate of drug-likeness (QED) is 0.0401. The number of unbranched alkanes of at least 4 members (excludes halogenated alkanes) is 3. The summed E-state index contributed by atoms with van der Waals surface area (Å²) >= 11 is 0. The highest BCUT2D eigenvalue weighted by atomic mass is 16.2. The Kier molecular flexibility index (Phi) is 33.0. The molecule has 0 fully saturated rings. The molecule has 0 bridgehead atoms. The van der Waals surface area contributed by atoms with Gasteiger partial charge in [-0.1, -0.05) is 19.3 Å². The van der Waals surface area contributed by atoms with E-state index in [1.807, 2.05) is 42.3 Å². The molecule has 0 saturated carbocycles. The Labute approximate surface area is 327 Å². The molecular weight excluding hydrogens is 688 g/mol. The van der Waals surface area contributed by atoms with Gasteiger partial charge in [-0.25, -0.2) is 0 Å². The second-order valence-corrected chi connectivity index (χ2v) is 14.6. The van der Waals surface area contributed by atoms with Gasteiger partial charge in [0.05, 0.1) is 0 Å². The minimum absolute atomic E-state index is 0.00975. The van der Waals surface area contributed by atoms with Crippen molar-refractivity contribution in [1.82, 2.24) is 53.2 Å². The second-order valence-electron chi connectivity index (χ2n) is 14.6. The van der Waals surface area contributed by atoms with E-state index >= 15 is 0 Å². The standard InChI is InChI=1S/C39H80N10O5/c1-30(50)25-34(18-14-23-46-36(51)26-31(43-5)15-8-11-20-40-2)48-39(54)29-35(49-38(53)28-33(45-7)17-10-13-22-42-4)19-24-47-37(52)27-32(44-6)16-9-12-21-41-3/h31-35,40-45H,8-29H2,1-7H3,(H,46,51)(H,47,52)(H,48,54)(H,49,53). The number of amides is 4. The summed E-state index contributed by atoms with van der Waals surface area (Å²) < 4.78 is 0. The van der Waals surface area contributed by atoms with Crippen LogP contribution in [0, 0.1) is 0 Å². The number of nitrogens with one attached hydrogen (secondary N) is 10. The zero-order chi connectivity index (χ0) is 40.4. The third-order valence-corrected chi connectivity index (χ3v) is 9.77. The Morgan fingerprint density at radius 3 is 1.11 bits per heavy atom. The molecule has 316 valence electrons. The monoisotopic (exact) mass is 769 g/mol. The first kappa shape index (κ1) is 51.3. The molecule has 0 heterocycles. The number of ketones is 1. The molecule has 0 rings (SSSR count). The summed E-state index contributed by atoms with van der Waals surface area (Å²) in [6, 6.07) is -0.695. The van der Waals surface area contributed by atoms with E-state index < -0.39 is 12.1 Å². The molecule has 54 heavy (non-hydrogen) atoms. The summed E-state index contributed by atoms with van der Waals surface area (Å²) in [5.74, 6) is -0.564. The Morgan fingerprint density at radius 1 is 0.370 bits per heavy atom. The molecule has 10 N–H and O–H groups in total. The van der Waals surface area contributed by atoms with Gasteiger partial charge in [-0.3, -0.25) is 24.0 Å². The maximum absolute atomic E-state index is 13.4. The lowest BCUT2D eigenvalue weighted by atomic mass is 10.0. The predicted molar refractivity (Wildman–Crippen MR) is 219 cm³/mol. The van der Waals surface area contributed by atoms with Crippen LogP contribution in [-0.4, -0.2) is 135 Å². The average Bonchev–Trinajstić information content (AvgIpc) is 3.13. The van der Waals surface area contributed by atoms with Gasteiger partial charge in [-0.15, -0.1) is 0 Å². The lowest BCUT2D eigenvalue weighted by molar-refractivity contribution is -0.125. The van der Waals surface area contributed by atoms with E-state index in [2.05, 4.69) is 53.2 Å². The van der Waals surface area contributed by atoms with E-state index in [1.165, 1.54) is 6.92 Å². The molecule has 0 spiro atoms. The first-order valence-corrected chi connectivity index (χ1v) is 20.6. The highest BCUT2D eigenvalue weighted by Gasteiger charge is 2.22. The van der Waals surface area contributed by atoms with Gasteiger partial charge in [0.15, 0.2) is 0 Å². The number of hydrogen-bond donors (Lipinski definition) is 10. The lowest BCUT2D eigenvalue weighted by Crippen LogP contribution is -2.45. The Hall–Kier alpha value is -2.69. The maximum atomic E-state index is 13.4. The summed E-state index contributed by atoms with van der Waals surface area (Å²) in [6.07, 6.45) is 11.6. The van der Waals surface area contributed by atoms with Crippen molar-refractivity contribution in [1.29, 1.82) is 0 Å². The first-order valence-electron chi connectivity index (χ1n) is 20.6. The van der Waals surface area contributed by atoms with E-state index in [1.54, 1.807) is 0 Å². The summed E-state index contributed by atoms with van der Waals surface area (Å²) in [6.45, 7) is 5.08. The summed E-state index contributed by atoms with van der Waals surface area (Å²) in [4.78, 5) is 64.1. The molecule has 0 aromatic carbocycles. The molecule has 0 aliphatic carbocycles. The van der Waals surface area contributed by atoms with Gasteiger partial charge in [0.25, 0.3) is 0 Å². The summed E-state index contributed by atoms with van der Waals surface area (Å²) in [7, 11) is 11.4. The largest absolute Gasteiger partial charge is 0.356 e. The van der Waals surface area contributed by atoms with Crippen molar-refractivity contribution >= 4 is 29.4 Å². The van der Waals surface area contributed by atoms with Crippen LogP contribution in [0.3, 0.4) is 0 Å². The molecule has 5 atom stereocenters. The van der Waals surface area contributed by atoms with Crippen LogP contribution in [0.5, 0.6) is 0 Å². The minimum atomic E-state index is -0.503. The number of rotatable bonds is 37. The predicted octanol–water partition coefficient (Wildman–Crippen LogP) is 0.831. The van der Waals surface area contributed by atoms with Crippen LogP contribution < -0.4 is 53.2 Å². The highest BCUT2D eigenvalue weighted by Crippen LogP contribution is 2.10. The van der Waals surface area contributed by atoms with Gasteiger partial charge in [-0.2, -0.15) is 0 Å². The summed E-state index contributed by atoms with van der Waals surface area (Å²) in [5.41, 5.74) is 0. The van der Waals surface area contributed by atoms with Crippen LogP contribution in [-0.2, 0) is 24.0 Å². The molecule has 0 radical (unpaired) electrons. The van der Waals surface area contributed by atoms with Crippen LogP contribution in [0.15, 0.2) is 0 Å². The SMILES string of the molecule is CNCCCCC(CC(=O)NCCCC(CC(C)=O)NC(=O)CC(CCNC(=O)CC(CCCCNC)NC)NC(=O)CC(CCCCNC)NC)NC. The molecule has 0 aromatic heterocycles. The van der Waals surface area contributed by atoms with Crippen LogP contribution in [0.2, 0.25) is 0 Å². The fourth-order valence-corrected chi connectivity index (χ4v) is 6.50. The van der Waals surface area contributed by atoms with Crippen molar-refractivity contribution in [2.24, 2.45) is 0 Å². The fraction of sp³-hybridized carbons (Fsp3) is 0.872. The number of carbonyl (C=O) groups is 5. The zero-order valence-corrected chi connectivity index (χ0v) is 35.0. The topological polar surface area (TPSA) is 206 Å². The second kappa shape index (κ2) is 34.8. The van der Waals surface area contributed by atoms with Crippen molar-refractivity contribution in [3.63, 3.8) is 0 Å². The van der Waals surface area contributed by atoms with Gasteiger partial charge in [0.2, 0.25) is 23.6 Å². The minimum Gasteiger partial charge on any atom is -0.356 e. The average molecular weight is 769 g/mol. The molecule has 0 aliphatic heterocycles. The van der Waals surface area contributed by atoms with Crippen LogP contribution in [0.25, 0.3) is 0 Å². The normalized spacial score (nSPS) is 14.1. The highest BCUT2D eigenvalue weighted by molar-refractivity contribution is 5.81. The van der Waals surface area contributed by atoms with Gasteiger partial charge >= 0.3 is 0 Å². The van der Waals surface area contributed by atoms with Gasteiger partial charge in [0.1, 0.15) is 5.78 Å². The molecule has 4 amide bonds. The summed E-state index contributed by atoms with van der Waals surface area (Å²) in [5, 5.41) is 31.2. The van der Waals surface area contributed by atoms with Crippen molar-refractivity contribution in [3.05, 3.63) is 0 Å². The zero-order valence-electron chi connectivity index (χ0n) is 35.0. The molecular formula is C39H80N10O5. The molecule has 0 aliphatic rings. The molecule has 15 heteroatoms. The number of hydrogen-bond acceptors (Lipinski definition) is 11. The molecule has 0 saturated heterocycles. The van der Waals surface area contributed by atoms with Gasteiger partial charge in [-0.05, 0) is 127 Å². The Morgan fingerprint density at radius 2 is 0.722 bits per heavy atom. The van der Waals surface area contributed by atoms with Crippen LogP contribution in [0.4, 0.5) is 0 Å². The van der Waals surface area contributed by atoms with Gasteiger partial charge < -0.3 is 53.2 Å².